The maximum absolute atomic E-state index is 13.5. The number of benzene rings is 2. The van der Waals surface area contributed by atoms with E-state index in [1.807, 2.05) is 0 Å². The average molecular weight is 268 g/mol. The Kier molecular flexibility index (Phi) is 3.38. The number of carbonyl (C=O) groups is 1. The molecule has 0 bridgehead atoms. The molecule has 98 valence electrons. The van der Waals surface area contributed by atoms with Crippen molar-refractivity contribution in [1.29, 1.82) is 0 Å². The molecule has 0 aromatic heterocycles. The summed E-state index contributed by atoms with van der Waals surface area (Å²) in [6.07, 6.45) is 0. The second-order valence-corrected chi connectivity index (χ2v) is 3.98. The summed E-state index contributed by atoms with van der Waals surface area (Å²) in [5.74, 6) is -6.09. The highest BCUT2D eigenvalue weighted by molar-refractivity contribution is 5.94. The van der Waals surface area contributed by atoms with Crippen LogP contribution in [0.4, 0.5) is 17.6 Å². The first-order valence-electron chi connectivity index (χ1n) is 5.36. The van der Waals surface area contributed by atoms with Crippen molar-refractivity contribution < 1.29 is 22.4 Å². The predicted molar refractivity (Wildman–Crippen MR) is 61.7 cm³/mol. The number of hydrogen-bond acceptors (Lipinski definition) is 1. The molecular weight excluding hydrogens is 260 g/mol. The Morgan fingerprint density at radius 1 is 0.895 bits per heavy atom. The summed E-state index contributed by atoms with van der Waals surface area (Å²) in [6.45, 7) is 1.33. The van der Waals surface area contributed by atoms with Crippen molar-refractivity contribution in [1.82, 2.24) is 0 Å². The third-order valence-corrected chi connectivity index (χ3v) is 2.69. The first-order valence-corrected chi connectivity index (χ1v) is 5.36. The van der Waals surface area contributed by atoms with Gasteiger partial charge in [0, 0.05) is 11.6 Å². The summed E-state index contributed by atoms with van der Waals surface area (Å²) < 4.78 is 53.2. The van der Waals surface area contributed by atoms with Gasteiger partial charge in [-0.1, -0.05) is 24.3 Å². The van der Waals surface area contributed by atoms with Gasteiger partial charge >= 0.3 is 0 Å². The second-order valence-electron chi connectivity index (χ2n) is 3.98. The minimum absolute atomic E-state index is 0.0431. The van der Waals surface area contributed by atoms with Gasteiger partial charge in [-0.15, -0.1) is 0 Å². The van der Waals surface area contributed by atoms with Crippen LogP contribution in [0, 0.1) is 23.3 Å². The Morgan fingerprint density at radius 3 is 1.79 bits per heavy atom. The molecule has 0 aliphatic carbocycles. The lowest BCUT2D eigenvalue weighted by molar-refractivity contribution is 0.101. The number of halogens is 4. The number of hydrogen-bond donors (Lipinski definition) is 0. The molecule has 0 atom stereocenters. The second kappa shape index (κ2) is 4.84. The van der Waals surface area contributed by atoms with Gasteiger partial charge in [0.05, 0.1) is 5.56 Å². The van der Waals surface area contributed by atoms with Gasteiger partial charge in [-0.3, -0.25) is 4.79 Å². The Labute approximate surface area is 106 Å². The molecule has 0 heterocycles. The molecule has 0 aliphatic rings. The van der Waals surface area contributed by atoms with Crippen LogP contribution >= 0.6 is 0 Å². The van der Waals surface area contributed by atoms with E-state index < -0.39 is 28.8 Å². The van der Waals surface area contributed by atoms with Crippen LogP contribution in [0.3, 0.4) is 0 Å². The zero-order valence-electron chi connectivity index (χ0n) is 9.81. The van der Waals surface area contributed by atoms with Gasteiger partial charge in [0.25, 0.3) is 0 Å². The van der Waals surface area contributed by atoms with Crippen LogP contribution in [0.25, 0.3) is 11.1 Å². The molecular formula is C14H8F4O. The summed E-state index contributed by atoms with van der Waals surface area (Å²) in [7, 11) is 0. The van der Waals surface area contributed by atoms with Crippen LogP contribution in [0.5, 0.6) is 0 Å². The third kappa shape index (κ3) is 2.36. The van der Waals surface area contributed by atoms with E-state index in [4.69, 9.17) is 0 Å². The van der Waals surface area contributed by atoms with E-state index in [0.717, 1.165) is 0 Å². The maximum atomic E-state index is 13.5. The Balaban J connectivity index is 2.62. The highest BCUT2D eigenvalue weighted by atomic mass is 19.2. The van der Waals surface area contributed by atoms with E-state index in [2.05, 4.69) is 0 Å². The van der Waals surface area contributed by atoms with Crippen LogP contribution in [0.1, 0.15) is 17.3 Å². The maximum Gasteiger partial charge on any atom is 0.169 e. The summed E-state index contributed by atoms with van der Waals surface area (Å²) in [5.41, 5.74) is -0.493. The molecule has 0 spiro atoms. The van der Waals surface area contributed by atoms with Crippen molar-refractivity contribution in [2.45, 2.75) is 6.92 Å². The minimum atomic E-state index is -1.47. The van der Waals surface area contributed by atoms with Gasteiger partial charge in [-0.05, 0) is 12.5 Å². The summed E-state index contributed by atoms with van der Waals surface area (Å²) in [5, 5.41) is 0. The zero-order valence-corrected chi connectivity index (χ0v) is 9.81. The van der Waals surface area contributed by atoms with Gasteiger partial charge in [0.1, 0.15) is 0 Å². The SMILES string of the molecule is CC(=O)c1ccc(-c2c(F)c(F)cc(F)c2F)cc1. The topological polar surface area (TPSA) is 17.1 Å². The molecule has 0 saturated heterocycles. The van der Waals surface area contributed by atoms with Crippen LogP contribution in [-0.4, -0.2) is 5.78 Å². The minimum Gasteiger partial charge on any atom is -0.295 e. The molecule has 0 amide bonds. The third-order valence-electron chi connectivity index (χ3n) is 2.69. The van der Waals surface area contributed by atoms with Gasteiger partial charge in [0.2, 0.25) is 0 Å². The van der Waals surface area contributed by atoms with Crippen molar-refractivity contribution in [3.8, 4) is 11.1 Å². The van der Waals surface area contributed by atoms with Crippen molar-refractivity contribution >= 4 is 5.78 Å². The highest BCUT2D eigenvalue weighted by Crippen LogP contribution is 2.29. The predicted octanol–water partition coefficient (Wildman–Crippen LogP) is 4.11. The average Bonchev–Trinajstić information content (AvgIpc) is 2.37. The van der Waals surface area contributed by atoms with E-state index in [0.29, 0.717) is 5.56 Å². The van der Waals surface area contributed by atoms with Gasteiger partial charge < -0.3 is 0 Å². The lowest BCUT2D eigenvalue weighted by Crippen LogP contribution is -1.99. The molecule has 2 aromatic carbocycles. The fourth-order valence-electron chi connectivity index (χ4n) is 1.70. The van der Waals surface area contributed by atoms with E-state index in [-0.39, 0.29) is 17.4 Å². The van der Waals surface area contributed by atoms with E-state index in [9.17, 15) is 22.4 Å². The molecule has 0 radical (unpaired) electrons. The standard InChI is InChI=1S/C14H8F4O/c1-7(19)8-2-4-9(5-3-8)12-13(17)10(15)6-11(16)14(12)18/h2-6H,1H3. The normalized spacial score (nSPS) is 10.6. The molecule has 19 heavy (non-hydrogen) atoms. The Bertz CT molecular complexity index is 621. The van der Waals surface area contributed by atoms with Crippen LogP contribution < -0.4 is 0 Å². The first-order chi connectivity index (χ1) is 8.91. The number of rotatable bonds is 2. The highest BCUT2D eigenvalue weighted by Gasteiger charge is 2.20. The fourth-order valence-corrected chi connectivity index (χ4v) is 1.70. The Morgan fingerprint density at radius 2 is 1.37 bits per heavy atom. The quantitative estimate of drug-likeness (QED) is 0.455. The molecule has 0 aliphatic heterocycles. The van der Waals surface area contributed by atoms with Gasteiger partial charge in [0.15, 0.2) is 29.1 Å². The lowest BCUT2D eigenvalue weighted by Gasteiger charge is -2.07. The van der Waals surface area contributed by atoms with Crippen molar-refractivity contribution in [2.75, 3.05) is 0 Å². The number of carbonyl (C=O) groups excluding carboxylic acids is 1. The molecule has 1 nitrogen and oxygen atoms in total. The van der Waals surface area contributed by atoms with E-state index in [1.165, 1.54) is 31.2 Å². The van der Waals surface area contributed by atoms with E-state index >= 15 is 0 Å². The largest absolute Gasteiger partial charge is 0.295 e. The number of ketones is 1. The van der Waals surface area contributed by atoms with Crippen molar-refractivity contribution in [3.05, 3.63) is 59.2 Å². The summed E-state index contributed by atoms with van der Waals surface area (Å²) >= 11 is 0. The van der Waals surface area contributed by atoms with Crippen LogP contribution in [0.2, 0.25) is 0 Å². The summed E-state index contributed by atoms with van der Waals surface area (Å²) in [6, 6.07) is 5.28. The van der Waals surface area contributed by atoms with Crippen LogP contribution in [0.15, 0.2) is 30.3 Å². The van der Waals surface area contributed by atoms with Crippen molar-refractivity contribution in [2.24, 2.45) is 0 Å². The lowest BCUT2D eigenvalue weighted by atomic mass is 10.0. The molecule has 0 unspecified atom stereocenters. The summed E-state index contributed by atoms with van der Waals surface area (Å²) in [4.78, 5) is 11.1. The Hall–Kier alpha value is -2.17. The van der Waals surface area contributed by atoms with Crippen molar-refractivity contribution in [3.63, 3.8) is 0 Å². The first kappa shape index (κ1) is 13.3. The molecule has 0 fully saturated rings. The zero-order chi connectivity index (χ0) is 14.2. The molecule has 5 heteroatoms. The van der Waals surface area contributed by atoms with Gasteiger partial charge in [-0.2, -0.15) is 0 Å². The van der Waals surface area contributed by atoms with Crippen LogP contribution in [-0.2, 0) is 0 Å². The fraction of sp³-hybridized carbons (Fsp3) is 0.0714. The monoisotopic (exact) mass is 268 g/mol. The number of Topliss-reactive ketones (excluding diaryl/α,β-unsaturated/α-hetero) is 1. The molecule has 0 N–H and O–H groups in total. The molecule has 2 rings (SSSR count). The molecule has 0 saturated carbocycles. The van der Waals surface area contributed by atoms with E-state index in [1.54, 1.807) is 0 Å². The smallest absolute Gasteiger partial charge is 0.169 e. The van der Waals surface area contributed by atoms with Gasteiger partial charge in [-0.25, -0.2) is 17.6 Å². The molecule has 2 aromatic rings.